The topological polar surface area (TPSA) is 41.6 Å². The van der Waals surface area contributed by atoms with Gasteiger partial charge in [-0.05, 0) is 24.9 Å². The third kappa shape index (κ3) is 1.63. The standard InChI is InChI=1S/C9H16N2O2/c1-11(2)9(12)13-5-8-6-3-10-4-7(6)8/h6-8,10H,3-5H2,1-2H3/t6-,7+,8?. The molecule has 2 aliphatic rings. The van der Waals surface area contributed by atoms with Gasteiger partial charge in [-0.1, -0.05) is 0 Å². The molecule has 0 aromatic rings. The van der Waals surface area contributed by atoms with Gasteiger partial charge in [0.15, 0.2) is 0 Å². The Morgan fingerprint density at radius 1 is 1.46 bits per heavy atom. The van der Waals surface area contributed by atoms with Gasteiger partial charge in [-0.25, -0.2) is 4.79 Å². The monoisotopic (exact) mass is 184 g/mol. The Labute approximate surface area is 78.2 Å². The molecule has 1 aliphatic heterocycles. The maximum absolute atomic E-state index is 11.1. The Morgan fingerprint density at radius 3 is 2.62 bits per heavy atom. The second-order valence-corrected chi connectivity index (χ2v) is 4.12. The molecule has 1 heterocycles. The molecule has 1 amide bonds. The quantitative estimate of drug-likeness (QED) is 0.664. The highest BCUT2D eigenvalue weighted by Crippen LogP contribution is 2.48. The van der Waals surface area contributed by atoms with E-state index in [4.69, 9.17) is 4.74 Å². The van der Waals surface area contributed by atoms with Crippen LogP contribution in [0.3, 0.4) is 0 Å². The Hall–Kier alpha value is -0.770. The van der Waals surface area contributed by atoms with E-state index in [-0.39, 0.29) is 6.09 Å². The first kappa shape index (κ1) is 8.81. The Kier molecular flexibility index (Phi) is 2.15. The van der Waals surface area contributed by atoms with Gasteiger partial charge in [0.25, 0.3) is 0 Å². The number of carbonyl (C=O) groups is 1. The van der Waals surface area contributed by atoms with E-state index in [0.29, 0.717) is 12.5 Å². The molecule has 0 aromatic heterocycles. The SMILES string of the molecule is CN(C)C(=O)OCC1[C@H]2CNC[C@@H]12. The summed E-state index contributed by atoms with van der Waals surface area (Å²) in [4.78, 5) is 12.6. The maximum Gasteiger partial charge on any atom is 0.409 e. The Bertz CT molecular complexity index is 208. The van der Waals surface area contributed by atoms with Crippen LogP contribution in [0.15, 0.2) is 0 Å². The van der Waals surface area contributed by atoms with Crippen LogP contribution < -0.4 is 5.32 Å². The molecule has 4 heteroatoms. The molecule has 4 nitrogen and oxygen atoms in total. The van der Waals surface area contributed by atoms with Crippen molar-refractivity contribution in [3.63, 3.8) is 0 Å². The van der Waals surface area contributed by atoms with Gasteiger partial charge in [-0.15, -0.1) is 0 Å². The Balaban J connectivity index is 1.67. The summed E-state index contributed by atoms with van der Waals surface area (Å²) in [6.07, 6.45) is -0.224. The van der Waals surface area contributed by atoms with Crippen molar-refractivity contribution in [2.45, 2.75) is 0 Å². The average molecular weight is 184 g/mol. The molecule has 2 fully saturated rings. The van der Waals surface area contributed by atoms with Crippen LogP contribution in [-0.4, -0.2) is 44.8 Å². The molecule has 13 heavy (non-hydrogen) atoms. The smallest absolute Gasteiger partial charge is 0.409 e. The van der Waals surface area contributed by atoms with Gasteiger partial charge in [-0.3, -0.25) is 0 Å². The summed E-state index contributed by atoms with van der Waals surface area (Å²) in [5.41, 5.74) is 0. The number of hydrogen-bond donors (Lipinski definition) is 1. The minimum absolute atomic E-state index is 0.224. The number of nitrogens with zero attached hydrogens (tertiary/aromatic N) is 1. The molecule has 1 aliphatic carbocycles. The first-order valence-electron chi connectivity index (χ1n) is 4.75. The summed E-state index contributed by atoms with van der Waals surface area (Å²) in [6, 6.07) is 0. The van der Waals surface area contributed by atoms with Crippen LogP contribution in [0, 0.1) is 17.8 Å². The lowest BCUT2D eigenvalue weighted by atomic mass is 10.3. The molecule has 2 rings (SSSR count). The van der Waals surface area contributed by atoms with Crippen molar-refractivity contribution in [2.24, 2.45) is 17.8 Å². The second kappa shape index (κ2) is 3.18. The average Bonchev–Trinajstić information content (AvgIpc) is 2.57. The fraction of sp³-hybridized carbons (Fsp3) is 0.889. The van der Waals surface area contributed by atoms with Crippen LogP contribution in [-0.2, 0) is 4.74 Å². The molecule has 3 atom stereocenters. The molecular formula is C9H16N2O2. The zero-order valence-corrected chi connectivity index (χ0v) is 8.12. The van der Waals surface area contributed by atoms with E-state index in [1.165, 1.54) is 4.90 Å². The number of carbonyl (C=O) groups excluding carboxylic acids is 1. The second-order valence-electron chi connectivity index (χ2n) is 4.12. The molecule has 1 saturated heterocycles. The first-order valence-corrected chi connectivity index (χ1v) is 4.75. The van der Waals surface area contributed by atoms with Crippen molar-refractivity contribution >= 4 is 6.09 Å². The third-order valence-corrected chi connectivity index (χ3v) is 3.03. The van der Waals surface area contributed by atoms with E-state index in [9.17, 15) is 4.79 Å². The highest BCUT2D eigenvalue weighted by atomic mass is 16.6. The van der Waals surface area contributed by atoms with Crippen molar-refractivity contribution in [3.05, 3.63) is 0 Å². The van der Waals surface area contributed by atoms with Crippen LogP contribution in [0.2, 0.25) is 0 Å². The zero-order chi connectivity index (χ0) is 9.42. The lowest BCUT2D eigenvalue weighted by Gasteiger charge is -2.11. The van der Waals surface area contributed by atoms with E-state index < -0.39 is 0 Å². The van der Waals surface area contributed by atoms with Gasteiger partial charge < -0.3 is 15.0 Å². The number of amides is 1. The number of fused-ring (bicyclic) bond motifs is 1. The highest BCUT2D eigenvalue weighted by molar-refractivity contribution is 5.66. The first-order chi connectivity index (χ1) is 6.20. The van der Waals surface area contributed by atoms with Gasteiger partial charge in [-0.2, -0.15) is 0 Å². The predicted molar refractivity (Wildman–Crippen MR) is 48.4 cm³/mol. The summed E-state index contributed by atoms with van der Waals surface area (Å²) in [7, 11) is 3.41. The van der Waals surface area contributed by atoms with Crippen molar-refractivity contribution in [1.29, 1.82) is 0 Å². The number of ether oxygens (including phenoxy) is 1. The van der Waals surface area contributed by atoms with Crippen molar-refractivity contribution in [2.75, 3.05) is 33.8 Å². The van der Waals surface area contributed by atoms with Gasteiger partial charge in [0.05, 0.1) is 6.61 Å². The van der Waals surface area contributed by atoms with Crippen LogP contribution in [0.25, 0.3) is 0 Å². The summed E-state index contributed by atoms with van der Waals surface area (Å²) in [5, 5.41) is 3.31. The number of nitrogens with one attached hydrogen (secondary N) is 1. The fourth-order valence-electron chi connectivity index (χ4n) is 2.09. The molecule has 1 unspecified atom stereocenters. The summed E-state index contributed by atoms with van der Waals surface area (Å²) in [5.74, 6) is 2.18. The van der Waals surface area contributed by atoms with E-state index in [1.807, 2.05) is 0 Å². The van der Waals surface area contributed by atoms with E-state index in [0.717, 1.165) is 24.9 Å². The molecule has 1 saturated carbocycles. The van der Waals surface area contributed by atoms with Gasteiger partial charge >= 0.3 is 6.09 Å². The van der Waals surface area contributed by atoms with E-state index in [2.05, 4.69) is 5.32 Å². The number of piperidine rings is 1. The lowest BCUT2D eigenvalue weighted by Crippen LogP contribution is -2.25. The third-order valence-electron chi connectivity index (χ3n) is 3.03. The molecule has 74 valence electrons. The van der Waals surface area contributed by atoms with Crippen LogP contribution in [0.1, 0.15) is 0 Å². The maximum atomic E-state index is 11.1. The van der Waals surface area contributed by atoms with Crippen LogP contribution in [0.5, 0.6) is 0 Å². The number of rotatable bonds is 2. The largest absolute Gasteiger partial charge is 0.449 e. The van der Waals surface area contributed by atoms with Crippen LogP contribution >= 0.6 is 0 Å². The zero-order valence-electron chi connectivity index (χ0n) is 8.12. The lowest BCUT2D eigenvalue weighted by molar-refractivity contribution is 0.110. The molecule has 0 aromatic carbocycles. The summed E-state index contributed by atoms with van der Waals surface area (Å²) in [6.45, 7) is 2.82. The van der Waals surface area contributed by atoms with Gasteiger partial charge in [0.2, 0.25) is 0 Å². The minimum atomic E-state index is -0.224. The molecule has 0 radical (unpaired) electrons. The van der Waals surface area contributed by atoms with Gasteiger partial charge in [0, 0.05) is 20.0 Å². The molecule has 0 bridgehead atoms. The van der Waals surface area contributed by atoms with E-state index >= 15 is 0 Å². The molecular weight excluding hydrogens is 168 g/mol. The van der Waals surface area contributed by atoms with Crippen molar-refractivity contribution in [3.8, 4) is 0 Å². The Morgan fingerprint density at radius 2 is 2.08 bits per heavy atom. The predicted octanol–water partition coefficient (Wildman–Crippen LogP) is 0.150. The normalized spacial score (nSPS) is 35.4. The van der Waals surface area contributed by atoms with Gasteiger partial charge in [0.1, 0.15) is 0 Å². The van der Waals surface area contributed by atoms with Crippen molar-refractivity contribution < 1.29 is 9.53 Å². The van der Waals surface area contributed by atoms with Crippen molar-refractivity contribution in [1.82, 2.24) is 10.2 Å². The molecule has 0 spiro atoms. The van der Waals surface area contributed by atoms with E-state index in [1.54, 1.807) is 14.1 Å². The minimum Gasteiger partial charge on any atom is -0.449 e. The summed E-state index contributed by atoms with van der Waals surface area (Å²) < 4.78 is 5.12. The number of hydrogen-bond acceptors (Lipinski definition) is 3. The fourth-order valence-corrected chi connectivity index (χ4v) is 2.09. The summed E-state index contributed by atoms with van der Waals surface area (Å²) >= 11 is 0. The molecule has 1 N–H and O–H groups in total. The highest BCUT2D eigenvalue weighted by Gasteiger charge is 2.53. The van der Waals surface area contributed by atoms with Crippen LogP contribution in [0.4, 0.5) is 4.79 Å².